The third kappa shape index (κ3) is 5.50. The first-order valence-electron chi connectivity index (χ1n) is 5.34. The van der Waals surface area contributed by atoms with Crippen molar-refractivity contribution in [1.29, 1.82) is 0 Å². The van der Waals surface area contributed by atoms with Gasteiger partial charge in [0, 0.05) is 12.5 Å². The maximum Gasteiger partial charge on any atom is 0.323 e. The molecule has 92 valence electrons. The molecule has 5 heteroatoms. The lowest BCUT2D eigenvalue weighted by Gasteiger charge is -2.22. The van der Waals surface area contributed by atoms with Crippen LogP contribution in [-0.4, -0.2) is 41.5 Å². The third-order valence-electron chi connectivity index (χ3n) is 2.25. The Bertz CT molecular complexity index is 254. The van der Waals surface area contributed by atoms with Crippen molar-refractivity contribution in [3.05, 3.63) is 12.7 Å². The summed E-state index contributed by atoms with van der Waals surface area (Å²) in [5, 5.41) is 8.67. The predicted molar refractivity (Wildman–Crippen MR) is 61.9 cm³/mol. The largest absolute Gasteiger partial charge is 0.480 e. The minimum atomic E-state index is -1.01. The van der Waals surface area contributed by atoms with E-state index in [1.54, 1.807) is 6.92 Å². The molecular formula is C11H20N2O3. The fourth-order valence-corrected chi connectivity index (χ4v) is 1.41. The maximum absolute atomic E-state index is 11.8. The van der Waals surface area contributed by atoms with Gasteiger partial charge < -0.3 is 15.7 Å². The van der Waals surface area contributed by atoms with Gasteiger partial charge >= 0.3 is 5.97 Å². The Balaban J connectivity index is 4.34. The summed E-state index contributed by atoms with van der Waals surface area (Å²) in [6.45, 7) is 5.81. The minimum Gasteiger partial charge on any atom is -0.480 e. The van der Waals surface area contributed by atoms with Crippen molar-refractivity contribution >= 4 is 11.9 Å². The summed E-state index contributed by atoms with van der Waals surface area (Å²) in [7, 11) is 0. The maximum atomic E-state index is 11.8. The van der Waals surface area contributed by atoms with Crippen molar-refractivity contribution in [3.63, 3.8) is 0 Å². The Morgan fingerprint density at radius 3 is 2.62 bits per heavy atom. The van der Waals surface area contributed by atoms with Crippen molar-refractivity contribution in [3.8, 4) is 0 Å². The number of carboxylic acids is 1. The summed E-state index contributed by atoms with van der Waals surface area (Å²) >= 11 is 0. The lowest BCUT2D eigenvalue weighted by Crippen LogP contribution is -2.39. The normalized spacial score (nSPS) is 11.9. The monoisotopic (exact) mass is 228 g/mol. The molecule has 0 aliphatic carbocycles. The molecule has 0 aromatic heterocycles. The standard InChI is InChI=1S/C11H20N2O3/c1-3-7-13(8-10(14)15)11(16)9(2)5-4-6-12/h3,9H,1,4-8,12H2,2H3,(H,14,15). The van der Waals surface area contributed by atoms with Crippen LogP contribution in [0.15, 0.2) is 12.7 Å². The molecule has 0 aliphatic heterocycles. The molecule has 0 bridgehead atoms. The van der Waals surface area contributed by atoms with Crippen LogP contribution in [-0.2, 0) is 9.59 Å². The van der Waals surface area contributed by atoms with Gasteiger partial charge in [0.15, 0.2) is 0 Å². The van der Waals surface area contributed by atoms with Gasteiger partial charge in [0.05, 0.1) is 0 Å². The van der Waals surface area contributed by atoms with Crippen LogP contribution in [0.2, 0.25) is 0 Å². The molecule has 16 heavy (non-hydrogen) atoms. The number of nitrogens with two attached hydrogens (primary N) is 1. The SMILES string of the molecule is C=CCN(CC(=O)O)C(=O)C(C)CCCN. The molecule has 1 unspecified atom stereocenters. The molecule has 0 saturated carbocycles. The number of nitrogens with zero attached hydrogens (tertiary/aromatic N) is 1. The molecule has 0 aliphatic rings. The second kappa shape index (κ2) is 7.87. The molecule has 0 spiro atoms. The van der Waals surface area contributed by atoms with E-state index in [4.69, 9.17) is 10.8 Å². The van der Waals surface area contributed by atoms with Crippen LogP contribution in [0.5, 0.6) is 0 Å². The van der Waals surface area contributed by atoms with E-state index < -0.39 is 5.97 Å². The molecule has 3 N–H and O–H groups in total. The van der Waals surface area contributed by atoms with E-state index in [0.717, 1.165) is 6.42 Å². The van der Waals surface area contributed by atoms with E-state index in [1.807, 2.05) is 0 Å². The highest BCUT2D eigenvalue weighted by molar-refractivity contribution is 5.83. The number of carboxylic acid groups (broad SMARTS) is 1. The van der Waals surface area contributed by atoms with Gasteiger partial charge in [-0.3, -0.25) is 9.59 Å². The molecule has 0 rings (SSSR count). The van der Waals surface area contributed by atoms with Crippen molar-refractivity contribution < 1.29 is 14.7 Å². The fourth-order valence-electron chi connectivity index (χ4n) is 1.41. The molecule has 1 amide bonds. The van der Waals surface area contributed by atoms with Gasteiger partial charge in [-0.2, -0.15) is 0 Å². The molecule has 0 saturated heterocycles. The van der Waals surface area contributed by atoms with Crippen LogP contribution in [0.4, 0.5) is 0 Å². The molecule has 0 aromatic rings. The Hall–Kier alpha value is -1.36. The van der Waals surface area contributed by atoms with Crippen LogP contribution < -0.4 is 5.73 Å². The molecule has 0 heterocycles. The first-order valence-corrected chi connectivity index (χ1v) is 5.34. The second-order valence-electron chi connectivity index (χ2n) is 3.73. The van der Waals surface area contributed by atoms with Crippen LogP contribution >= 0.6 is 0 Å². The Morgan fingerprint density at radius 2 is 2.19 bits per heavy atom. The summed E-state index contributed by atoms with van der Waals surface area (Å²) in [5.74, 6) is -1.36. The van der Waals surface area contributed by atoms with E-state index >= 15 is 0 Å². The van der Waals surface area contributed by atoms with Crippen LogP contribution in [0.3, 0.4) is 0 Å². The number of rotatable bonds is 8. The molecule has 5 nitrogen and oxygen atoms in total. The van der Waals surface area contributed by atoms with Gasteiger partial charge in [-0.05, 0) is 19.4 Å². The number of carbonyl (C=O) groups is 2. The predicted octanol–water partition coefficient (Wildman–Crippen LogP) is 0.461. The lowest BCUT2D eigenvalue weighted by molar-refractivity contribution is -0.145. The van der Waals surface area contributed by atoms with E-state index in [2.05, 4.69) is 6.58 Å². The van der Waals surface area contributed by atoms with Crippen LogP contribution in [0, 0.1) is 5.92 Å². The highest BCUT2D eigenvalue weighted by Gasteiger charge is 2.20. The highest BCUT2D eigenvalue weighted by Crippen LogP contribution is 2.09. The third-order valence-corrected chi connectivity index (χ3v) is 2.25. The first kappa shape index (κ1) is 14.6. The van der Waals surface area contributed by atoms with Crippen molar-refractivity contribution in [2.45, 2.75) is 19.8 Å². The minimum absolute atomic E-state index is 0.157. The zero-order valence-corrected chi connectivity index (χ0v) is 9.69. The van der Waals surface area contributed by atoms with Crippen molar-refractivity contribution in [1.82, 2.24) is 4.90 Å². The fraction of sp³-hybridized carbons (Fsp3) is 0.636. The smallest absolute Gasteiger partial charge is 0.323 e. The van der Waals surface area contributed by atoms with Crippen molar-refractivity contribution in [2.75, 3.05) is 19.6 Å². The summed E-state index contributed by atoms with van der Waals surface area (Å²) in [5.41, 5.74) is 5.36. The molecule has 0 fully saturated rings. The van der Waals surface area contributed by atoms with E-state index in [0.29, 0.717) is 13.0 Å². The Labute approximate surface area is 95.9 Å². The topological polar surface area (TPSA) is 83.6 Å². The number of aliphatic carboxylic acids is 1. The van der Waals surface area contributed by atoms with E-state index in [9.17, 15) is 9.59 Å². The number of hydrogen-bond donors (Lipinski definition) is 2. The number of hydrogen-bond acceptors (Lipinski definition) is 3. The van der Waals surface area contributed by atoms with Gasteiger partial charge in [-0.25, -0.2) is 0 Å². The molecule has 0 aromatic carbocycles. The molecule has 1 atom stereocenters. The van der Waals surface area contributed by atoms with E-state index in [1.165, 1.54) is 11.0 Å². The molecular weight excluding hydrogens is 208 g/mol. The van der Waals surface area contributed by atoms with Gasteiger partial charge in [0.2, 0.25) is 5.91 Å². The summed E-state index contributed by atoms with van der Waals surface area (Å²) in [6.07, 6.45) is 2.97. The summed E-state index contributed by atoms with van der Waals surface area (Å²) < 4.78 is 0. The molecule has 0 radical (unpaired) electrons. The summed E-state index contributed by atoms with van der Waals surface area (Å²) in [6, 6.07) is 0. The summed E-state index contributed by atoms with van der Waals surface area (Å²) in [4.78, 5) is 23.7. The van der Waals surface area contributed by atoms with Gasteiger partial charge in [0.1, 0.15) is 6.54 Å². The Kier molecular flexibility index (Phi) is 7.20. The van der Waals surface area contributed by atoms with Gasteiger partial charge in [-0.15, -0.1) is 6.58 Å². The average Bonchev–Trinajstić information content (AvgIpc) is 2.23. The Morgan fingerprint density at radius 1 is 1.56 bits per heavy atom. The van der Waals surface area contributed by atoms with Gasteiger partial charge in [0.25, 0.3) is 0 Å². The van der Waals surface area contributed by atoms with Crippen molar-refractivity contribution in [2.24, 2.45) is 11.7 Å². The van der Waals surface area contributed by atoms with E-state index in [-0.39, 0.29) is 24.9 Å². The quantitative estimate of drug-likeness (QED) is 0.591. The average molecular weight is 228 g/mol. The van der Waals surface area contributed by atoms with Crippen LogP contribution in [0.1, 0.15) is 19.8 Å². The highest BCUT2D eigenvalue weighted by atomic mass is 16.4. The first-order chi connectivity index (χ1) is 7.52. The zero-order valence-electron chi connectivity index (χ0n) is 9.69. The number of carbonyl (C=O) groups excluding carboxylic acids is 1. The number of amides is 1. The van der Waals surface area contributed by atoms with Gasteiger partial charge in [-0.1, -0.05) is 13.0 Å². The zero-order chi connectivity index (χ0) is 12.6. The van der Waals surface area contributed by atoms with Crippen LogP contribution in [0.25, 0.3) is 0 Å². The lowest BCUT2D eigenvalue weighted by atomic mass is 10.0. The second-order valence-corrected chi connectivity index (χ2v) is 3.73.